The highest BCUT2D eigenvalue weighted by Gasteiger charge is 2.16. The zero-order valence-corrected chi connectivity index (χ0v) is 17.7. The monoisotopic (exact) mass is 466 g/mol. The number of aliphatic hydroxyl groups excluding tert-OH is 1. The second kappa shape index (κ2) is 9.96. The van der Waals surface area contributed by atoms with Gasteiger partial charge < -0.3 is 9.84 Å². The third kappa shape index (κ3) is 5.62. The third-order valence-electron chi connectivity index (χ3n) is 4.17. The van der Waals surface area contributed by atoms with Crippen molar-refractivity contribution < 1.29 is 19.4 Å². The van der Waals surface area contributed by atoms with Crippen molar-refractivity contribution in [1.82, 2.24) is 5.43 Å². The average Bonchev–Trinajstić information content (AvgIpc) is 2.75. The summed E-state index contributed by atoms with van der Waals surface area (Å²) in [5, 5.41) is 14.0. The molecule has 0 aromatic heterocycles. The van der Waals surface area contributed by atoms with E-state index in [2.05, 4.69) is 26.5 Å². The molecular weight excluding hydrogens is 448 g/mol. The maximum Gasteiger partial charge on any atom is 0.343 e. The Balaban J connectivity index is 1.72. The lowest BCUT2D eigenvalue weighted by molar-refractivity contribution is -0.129. The van der Waals surface area contributed by atoms with Gasteiger partial charge in [-0.05, 0) is 42.8 Å². The zero-order valence-electron chi connectivity index (χ0n) is 16.1. The number of esters is 1. The van der Waals surface area contributed by atoms with Crippen molar-refractivity contribution in [3.8, 4) is 5.75 Å². The first-order valence-electron chi connectivity index (χ1n) is 9.08. The van der Waals surface area contributed by atoms with Crippen LogP contribution in [0.2, 0.25) is 0 Å². The van der Waals surface area contributed by atoms with Crippen LogP contribution in [0.3, 0.4) is 0 Å². The highest BCUT2D eigenvalue weighted by atomic mass is 79.9. The highest BCUT2D eigenvalue weighted by Crippen LogP contribution is 2.23. The Kier molecular flexibility index (Phi) is 7.11. The van der Waals surface area contributed by atoms with Crippen LogP contribution < -0.4 is 10.2 Å². The number of hydrazone groups is 1. The summed E-state index contributed by atoms with van der Waals surface area (Å²) >= 11 is 3.36. The fourth-order valence-corrected chi connectivity index (χ4v) is 3.04. The van der Waals surface area contributed by atoms with Crippen LogP contribution in [0.1, 0.15) is 33.2 Å². The molecule has 0 aliphatic carbocycles. The quantitative estimate of drug-likeness (QED) is 0.247. The number of ether oxygens (including phenoxy) is 1. The van der Waals surface area contributed by atoms with Crippen molar-refractivity contribution in [2.45, 2.75) is 13.0 Å². The SMILES string of the molecule is Cc1cccc(C(=O)Oc2ccc(Br)cc2/C=N\NC(=O)[C@H](O)c2ccccc2)c1. The highest BCUT2D eigenvalue weighted by molar-refractivity contribution is 9.10. The second-order valence-corrected chi connectivity index (χ2v) is 7.40. The molecule has 0 saturated carbocycles. The number of carbonyl (C=O) groups excluding carboxylic acids is 2. The Bertz CT molecular complexity index is 1080. The van der Waals surface area contributed by atoms with Crippen molar-refractivity contribution in [2.24, 2.45) is 5.10 Å². The van der Waals surface area contributed by atoms with E-state index in [9.17, 15) is 14.7 Å². The van der Waals surface area contributed by atoms with E-state index in [1.165, 1.54) is 6.21 Å². The number of hydrogen-bond acceptors (Lipinski definition) is 5. The molecule has 0 saturated heterocycles. The van der Waals surface area contributed by atoms with Crippen LogP contribution in [0.15, 0.2) is 82.4 Å². The van der Waals surface area contributed by atoms with Crippen LogP contribution in [0.4, 0.5) is 0 Å². The van der Waals surface area contributed by atoms with E-state index in [4.69, 9.17) is 4.74 Å². The van der Waals surface area contributed by atoms with E-state index in [-0.39, 0.29) is 5.75 Å². The van der Waals surface area contributed by atoms with Gasteiger partial charge in [-0.2, -0.15) is 5.10 Å². The fourth-order valence-electron chi connectivity index (χ4n) is 2.66. The van der Waals surface area contributed by atoms with Crippen LogP contribution in [0, 0.1) is 6.92 Å². The lowest BCUT2D eigenvalue weighted by atomic mass is 10.1. The molecule has 3 rings (SSSR count). The summed E-state index contributed by atoms with van der Waals surface area (Å²) in [6.45, 7) is 1.89. The van der Waals surface area contributed by atoms with Gasteiger partial charge in [0.25, 0.3) is 5.91 Å². The van der Waals surface area contributed by atoms with Gasteiger partial charge in [-0.1, -0.05) is 64.0 Å². The van der Waals surface area contributed by atoms with E-state index < -0.39 is 18.0 Å². The molecule has 30 heavy (non-hydrogen) atoms. The molecule has 0 unspecified atom stereocenters. The Morgan fingerprint density at radius 2 is 1.83 bits per heavy atom. The van der Waals surface area contributed by atoms with E-state index in [0.29, 0.717) is 16.7 Å². The minimum atomic E-state index is -1.34. The maximum atomic E-state index is 12.5. The molecule has 7 heteroatoms. The number of rotatable bonds is 6. The minimum absolute atomic E-state index is 0.284. The summed E-state index contributed by atoms with van der Waals surface area (Å²) in [4.78, 5) is 24.6. The van der Waals surface area contributed by atoms with Gasteiger partial charge in [0, 0.05) is 10.0 Å². The number of nitrogens with one attached hydrogen (secondary N) is 1. The number of hydrogen-bond donors (Lipinski definition) is 2. The van der Waals surface area contributed by atoms with Gasteiger partial charge >= 0.3 is 5.97 Å². The summed E-state index contributed by atoms with van der Waals surface area (Å²) in [5.74, 6) is -0.892. The maximum absolute atomic E-state index is 12.5. The summed E-state index contributed by atoms with van der Waals surface area (Å²) in [6, 6.07) is 20.7. The molecule has 3 aromatic carbocycles. The standard InChI is InChI=1S/C23H19BrN2O4/c1-15-6-5-9-17(12-15)23(29)30-20-11-10-19(24)13-18(20)14-25-26-22(28)21(27)16-7-3-2-4-8-16/h2-14,21,27H,1H3,(H,26,28)/b25-14-/t21-/m1/s1. The van der Waals surface area contributed by atoms with Crippen molar-refractivity contribution in [2.75, 3.05) is 0 Å². The minimum Gasteiger partial charge on any atom is -0.422 e. The van der Waals surface area contributed by atoms with Crippen molar-refractivity contribution in [1.29, 1.82) is 0 Å². The predicted molar refractivity (Wildman–Crippen MR) is 117 cm³/mol. The molecule has 0 radical (unpaired) electrons. The largest absolute Gasteiger partial charge is 0.422 e. The molecule has 0 spiro atoms. The van der Waals surface area contributed by atoms with Gasteiger partial charge in [0.1, 0.15) is 5.75 Å². The van der Waals surface area contributed by atoms with Crippen molar-refractivity contribution in [3.63, 3.8) is 0 Å². The summed E-state index contributed by atoms with van der Waals surface area (Å²) in [5.41, 5.74) is 4.60. The predicted octanol–water partition coefficient (Wildman–Crippen LogP) is 4.16. The molecule has 2 N–H and O–H groups in total. The summed E-state index contributed by atoms with van der Waals surface area (Å²) in [7, 11) is 0. The van der Waals surface area contributed by atoms with Gasteiger partial charge in [0.05, 0.1) is 11.8 Å². The molecule has 0 bridgehead atoms. The molecule has 0 aliphatic rings. The van der Waals surface area contributed by atoms with Gasteiger partial charge in [-0.15, -0.1) is 0 Å². The van der Waals surface area contributed by atoms with Gasteiger partial charge in [-0.25, -0.2) is 10.2 Å². The van der Waals surface area contributed by atoms with Crippen molar-refractivity contribution in [3.05, 3.63) is 99.5 Å². The van der Waals surface area contributed by atoms with E-state index >= 15 is 0 Å². The average molecular weight is 467 g/mol. The number of aryl methyl sites for hydroxylation is 1. The first-order valence-corrected chi connectivity index (χ1v) is 9.87. The van der Waals surface area contributed by atoms with E-state index in [1.54, 1.807) is 66.7 Å². The lowest BCUT2D eigenvalue weighted by Crippen LogP contribution is -2.25. The van der Waals surface area contributed by atoms with Gasteiger partial charge in [0.2, 0.25) is 0 Å². The van der Waals surface area contributed by atoms with Crippen LogP contribution in [0.25, 0.3) is 0 Å². The molecule has 6 nitrogen and oxygen atoms in total. The van der Waals surface area contributed by atoms with E-state index in [1.807, 2.05) is 13.0 Å². The first kappa shape index (κ1) is 21.4. The molecule has 0 fully saturated rings. The van der Waals surface area contributed by atoms with Crippen LogP contribution in [0.5, 0.6) is 5.75 Å². The van der Waals surface area contributed by atoms with E-state index in [0.717, 1.165) is 10.0 Å². The van der Waals surface area contributed by atoms with Crippen LogP contribution in [-0.2, 0) is 4.79 Å². The smallest absolute Gasteiger partial charge is 0.343 e. The Hall–Kier alpha value is -3.29. The molecule has 0 aliphatic heterocycles. The second-order valence-electron chi connectivity index (χ2n) is 6.49. The molecule has 0 heterocycles. The normalized spacial score (nSPS) is 11.8. The van der Waals surface area contributed by atoms with Crippen molar-refractivity contribution >= 4 is 34.0 Å². The molecular formula is C23H19BrN2O4. The molecule has 152 valence electrons. The van der Waals surface area contributed by atoms with Crippen LogP contribution >= 0.6 is 15.9 Å². The topological polar surface area (TPSA) is 88.0 Å². The fraction of sp³-hybridized carbons (Fsp3) is 0.0870. The zero-order chi connectivity index (χ0) is 21.5. The van der Waals surface area contributed by atoms with Gasteiger partial charge in [-0.3, -0.25) is 4.79 Å². The Morgan fingerprint density at radius 3 is 2.57 bits per heavy atom. The lowest BCUT2D eigenvalue weighted by Gasteiger charge is -2.10. The number of nitrogens with zero attached hydrogens (tertiary/aromatic N) is 1. The molecule has 3 aromatic rings. The molecule has 1 atom stereocenters. The first-order chi connectivity index (χ1) is 14.4. The number of benzene rings is 3. The number of aliphatic hydroxyl groups is 1. The van der Waals surface area contributed by atoms with Crippen LogP contribution in [-0.4, -0.2) is 23.2 Å². The molecule has 1 amide bonds. The number of amides is 1. The summed E-state index contributed by atoms with van der Waals surface area (Å²) in [6.07, 6.45) is 0.00338. The number of halogens is 1. The third-order valence-corrected chi connectivity index (χ3v) is 4.66. The van der Waals surface area contributed by atoms with Gasteiger partial charge in [0.15, 0.2) is 6.10 Å². The Labute approximate surface area is 182 Å². The Morgan fingerprint density at radius 1 is 1.07 bits per heavy atom. The number of carbonyl (C=O) groups is 2. The summed E-state index contributed by atoms with van der Waals surface area (Å²) < 4.78 is 6.25.